The number of hydrogen-bond acceptors (Lipinski definition) is 4. The molecular weight excluding hydrogens is 272 g/mol. The molecule has 1 aromatic rings. The van der Waals surface area contributed by atoms with Gasteiger partial charge in [0, 0.05) is 37.5 Å². The molecule has 1 aliphatic heterocycles. The fourth-order valence-corrected chi connectivity index (χ4v) is 2.67. The Morgan fingerprint density at radius 2 is 2.29 bits per heavy atom. The number of carbonyl (C=O) groups excluding carboxylic acids is 2. The van der Waals surface area contributed by atoms with Gasteiger partial charge >= 0.3 is 0 Å². The minimum Gasteiger partial charge on any atom is -0.465 e. The van der Waals surface area contributed by atoms with Gasteiger partial charge in [0.1, 0.15) is 0 Å². The average Bonchev–Trinajstić information content (AvgIpc) is 3.08. The van der Waals surface area contributed by atoms with Crippen molar-refractivity contribution in [3.8, 4) is 5.95 Å². The maximum atomic E-state index is 12.0. The zero-order valence-electron chi connectivity index (χ0n) is 12.1. The van der Waals surface area contributed by atoms with E-state index in [0.29, 0.717) is 31.6 Å². The summed E-state index contributed by atoms with van der Waals surface area (Å²) in [6.45, 7) is 3.60. The molecule has 1 N–H and O–H groups in total. The number of amides is 2. The molecule has 1 unspecified atom stereocenters. The van der Waals surface area contributed by atoms with Crippen LogP contribution in [0.15, 0.2) is 16.5 Å². The zero-order chi connectivity index (χ0) is 14.8. The molecule has 1 saturated heterocycles. The highest BCUT2D eigenvalue weighted by molar-refractivity contribution is 5.91. The van der Waals surface area contributed by atoms with Gasteiger partial charge in [-0.3, -0.25) is 9.59 Å². The number of furan rings is 1. The number of rotatable bonds is 6. The largest absolute Gasteiger partial charge is 0.465 e. The van der Waals surface area contributed by atoms with Crippen LogP contribution in [0.5, 0.6) is 5.95 Å². The molecule has 1 aliphatic carbocycles. The van der Waals surface area contributed by atoms with Gasteiger partial charge in [-0.25, -0.2) is 0 Å². The first-order chi connectivity index (χ1) is 10.2. The van der Waals surface area contributed by atoms with Gasteiger partial charge < -0.3 is 19.4 Å². The highest BCUT2D eigenvalue weighted by atomic mass is 16.6. The summed E-state index contributed by atoms with van der Waals surface area (Å²) in [5.41, 5.74) is 0. The molecule has 0 spiro atoms. The van der Waals surface area contributed by atoms with E-state index in [0.717, 1.165) is 19.4 Å². The number of ether oxygens (including phenoxy) is 1. The molecule has 0 radical (unpaired) electrons. The van der Waals surface area contributed by atoms with E-state index in [1.54, 1.807) is 12.1 Å². The molecule has 6 nitrogen and oxygen atoms in total. The van der Waals surface area contributed by atoms with Gasteiger partial charge in [0.15, 0.2) is 5.76 Å². The van der Waals surface area contributed by atoms with Gasteiger partial charge in [0.25, 0.3) is 11.9 Å². The van der Waals surface area contributed by atoms with Crippen LogP contribution in [0, 0.1) is 5.92 Å². The van der Waals surface area contributed by atoms with E-state index in [1.807, 2.05) is 11.8 Å². The molecule has 3 rings (SSSR count). The Morgan fingerprint density at radius 3 is 3.00 bits per heavy atom. The molecule has 6 heteroatoms. The Bertz CT molecular complexity index is 536. The van der Waals surface area contributed by atoms with Crippen LogP contribution in [0.4, 0.5) is 0 Å². The number of nitrogens with zero attached hydrogens (tertiary/aromatic N) is 1. The van der Waals surface area contributed by atoms with Crippen molar-refractivity contribution in [3.63, 3.8) is 0 Å². The summed E-state index contributed by atoms with van der Waals surface area (Å²) >= 11 is 0. The van der Waals surface area contributed by atoms with Gasteiger partial charge in [-0.1, -0.05) is 0 Å². The molecule has 1 atom stereocenters. The molecule has 1 saturated carbocycles. The van der Waals surface area contributed by atoms with Crippen LogP contribution in [-0.4, -0.2) is 42.5 Å². The van der Waals surface area contributed by atoms with Gasteiger partial charge in [-0.05, 0) is 25.8 Å². The Kier molecular flexibility index (Phi) is 3.86. The van der Waals surface area contributed by atoms with Crippen molar-refractivity contribution in [1.82, 2.24) is 10.2 Å². The average molecular weight is 292 g/mol. The lowest BCUT2D eigenvalue weighted by Gasteiger charge is -2.15. The Hall–Kier alpha value is -1.98. The zero-order valence-corrected chi connectivity index (χ0v) is 12.1. The number of nitrogens with one attached hydrogen (secondary N) is 1. The molecule has 2 fully saturated rings. The first-order valence-electron chi connectivity index (χ1n) is 7.47. The van der Waals surface area contributed by atoms with E-state index in [2.05, 4.69) is 5.32 Å². The summed E-state index contributed by atoms with van der Waals surface area (Å²) in [7, 11) is 0. The van der Waals surface area contributed by atoms with E-state index in [-0.39, 0.29) is 23.5 Å². The molecule has 2 aliphatic rings. The molecule has 0 bridgehead atoms. The lowest BCUT2D eigenvalue weighted by atomic mass is 10.1. The van der Waals surface area contributed by atoms with Gasteiger partial charge in [-0.15, -0.1) is 0 Å². The fraction of sp³-hybridized carbons (Fsp3) is 0.600. The summed E-state index contributed by atoms with van der Waals surface area (Å²) in [5.74, 6) is 0.732. The van der Waals surface area contributed by atoms with Crippen LogP contribution in [0.25, 0.3) is 0 Å². The van der Waals surface area contributed by atoms with E-state index in [9.17, 15) is 9.59 Å². The molecular formula is C15H20N2O4. The van der Waals surface area contributed by atoms with Crippen LogP contribution >= 0.6 is 0 Å². The molecule has 2 heterocycles. The summed E-state index contributed by atoms with van der Waals surface area (Å²) in [4.78, 5) is 25.8. The molecule has 2 amide bonds. The molecule has 0 aromatic carbocycles. The third kappa shape index (κ3) is 3.20. The van der Waals surface area contributed by atoms with Crippen molar-refractivity contribution in [1.29, 1.82) is 0 Å². The first kappa shape index (κ1) is 14.0. The highest BCUT2D eigenvalue weighted by Gasteiger charge is 2.39. The quantitative estimate of drug-likeness (QED) is 0.860. The van der Waals surface area contributed by atoms with E-state index >= 15 is 0 Å². The van der Waals surface area contributed by atoms with Crippen LogP contribution in [-0.2, 0) is 4.79 Å². The second-order valence-electron chi connectivity index (χ2n) is 5.61. The Balaban J connectivity index is 1.48. The summed E-state index contributed by atoms with van der Waals surface area (Å²) in [6, 6.07) is 3.68. The van der Waals surface area contributed by atoms with Crippen LogP contribution in [0.1, 0.15) is 36.7 Å². The first-order valence-corrected chi connectivity index (χ1v) is 7.47. The lowest BCUT2D eigenvalue weighted by molar-refractivity contribution is -0.128. The minimum absolute atomic E-state index is 0.198. The second kappa shape index (κ2) is 5.79. The molecule has 21 heavy (non-hydrogen) atoms. The van der Waals surface area contributed by atoms with Gasteiger partial charge in [0.2, 0.25) is 5.91 Å². The summed E-state index contributed by atoms with van der Waals surface area (Å²) in [5, 5.41) is 2.83. The molecule has 114 valence electrons. The molecule has 1 aromatic heterocycles. The standard InChI is InChI=1S/C15H20N2O4/c1-2-20-14-6-5-12(21-14)15(19)16-8-10-7-13(18)17(9-10)11-3-4-11/h5-6,10-11H,2-4,7-9H2,1H3,(H,16,19). The van der Waals surface area contributed by atoms with E-state index < -0.39 is 0 Å². The number of carbonyl (C=O) groups is 2. The van der Waals surface area contributed by atoms with Crippen molar-refractivity contribution in [2.24, 2.45) is 5.92 Å². The maximum absolute atomic E-state index is 12.0. The lowest BCUT2D eigenvalue weighted by Crippen LogP contribution is -2.31. The SMILES string of the molecule is CCOc1ccc(C(=O)NCC2CC(=O)N(C3CC3)C2)o1. The van der Waals surface area contributed by atoms with Gasteiger partial charge in [0.05, 0.1) is 6.61 Å². The monoisotopic (exact) mass is 292 g/mol. The smallest absolute Gasteiger partial charge is 0.287 e. The normalized spacial score (nSPS) is 21.7. The summed E-state index contributed by atoms with van der Waals surface area (Å²) < 4.78 is 10.5. The van der Waals surface area contributed by atoms with Crippen LogP contribution in [0.3, 0.4) is 0 Å². The Morgan fingerprint density at radius 1 is 1.48 bits per heavy atom. The van der Waals surface area contributed by atoms with Gasteiger partial charge in [-0.2, -0.15) is 0 Å². The summed E-state index contributed by atoms with van der Waals surface area (Å²) in [6.07, 6.45) is 2.77. The third-order valence-electron chi connectivity index (χ3n) is 3.87. The van der Waals surface area contributed by atoms with Crippen LogP contribution in [0.2, 0.25) is 0 Å². The third-order valence-corrected chi connectivity index (χ3v) is 3.87. The van der Waals surface area contributed by atoms with Crippen molar-refractivity contribution >= 4 is 11.8 Å². The van der Waals surface area contributed by atoms with Crippen molar-refractivity contribution in [3.05, 3.63) is 17.9 Å². The Labute approximate surface area is 123 Å². The topological polar surface area (TPSA) is 71.8 Å². The van der Waals surface area contributed by atoms with Crippen LogP contribution < -0.4 is 10.1 Å². The van der Waals surface area contributed by atoms with E-state index in [1.165, 1.54) is 0 Å². The maximum Gasteiger partial charge on any atom is 0.287 e. The van der Waals surface area contributed by atoms with E-state index in [4.69, 9.17) is 9.15 Å². The fourth-order valence-electron chi connectivity index (χ4n) is 2.67. The highest BCUT2D eigenvalue weighted by Crippen LogP contribution is 2.32. The van der Waals surface area contributed by atoms with Crippen molar-refractivity contribution in [2.45, 2.75) is 32.2 Å². The van der Waals surface area contributed by atoms with Crippen molar-refractivity contribution < 1.29 is 18.7 Å². The predicted octanol–water partition coefficient (Wildman–Crippen LogP) is 1.42. The predicted molar refractivity (Wildman–Crippen MR) is 75.1 cm³/mol. The van der Waals surface area contributed by atoms with Crippen molar-refractivity contribution in [2.75, 3.05) is 19.7 Å². The minimum atomic E-state index is -0.265. The number of likely N-dealkylation sites (tertiary alicyclic amines) is 1. The second-order valence-corrected chi connectivity index (χ2v) is 5.61. The number of hydrogen-bond donors (Lipinski definition) is 1.